The molecular formula is C89H128N10O36. The zero-order chi connectivity index (χ0) is 97.4. The summed E-state index contributed by atoms with van der Waals surface area (Å²) in [6.07, 6.45) is -47.6. The predicted octanol–water partition coefficient (Wildman–Crippen LogP) is -5.41. The van der Waals surface area contributed by atoms with Gasteiger partial charge in [0.25, 0.3) is 0 Å². The van der Waals surface area contributed by atoms with E-state index in [9.17, 15) is 95.5 Å². The lowest BCUT2D eigenvalue weighted by molar-refractivity contribution is -0.315. The number of nitrogens with two attached hydrogens (primary N) is 6. The summed E-state index contributed by atoms with van der Waals surface area (Å²) in [7, 11) is 0. The summed E-state index contributed by atoms with van der Waals surface area (Å²) in [5.41, 5.74) is 39.3. The average molecular weight is 1910 g/mol. The highest BCUT2D eigenvalue weighted by molar-refractivity contribution is 5.69. The number of carbonyl (C=O) groups is 5. The first-order chi connectivity index (χ1) is 64.7. The Balaban J connectivity index is 0.000000272. The number of ether oxygens (including phenoxy) is 17. The minimum atomic E-state index is -1.91. The van der Waals surface area contributed by atoms with Crippen LogP contribution in [0.4, 0.5) is 19.2 Å². The number of aliphatic hydroxyl groups excluding tert-OH is 14. The lowest BCUT2D eigenvalue weighted by atomic mass is 9.80. The summed E-state index contributed by atoms with van der Waals surface area (Å²) in [5.74, 6) is -0.947. The number of hydrogen-bond donors (Lipinski definition) is 24. The molecule has 5 aromatic carbocycles. The Labute approximate surface area is 776 Å². The SMILES string of the molecule is CC(=O)OCc1ccccc1.CC[C@H]1O[C@H](O[C@H]2[C@H](O[C@@H]3O[C@H](CO)[C@@H](O[C@H]4O[C@@H](CNC(=O)OCc5ccccc5)[C@@H](O)[C@H](O)[C@H]4NC(=O)OCc4ccccc4)[C@H]3O)[C@@H](O)[C@H](NC(=O)OCc3ccccc3)C[C@@H]2C)[C@H](NC(=O)OCc2ccccc2)[C@@H](O)[C@@H]1O.NC[C@@H]1O[C@H](O[C@H]2[C@@H](O)[C@H](O[C@@H]3[C@@H](O)[C@H](N)C[C@H](N)[C@H]3O[C@H]3O[C@H](CN)[C@@H](O)[C@H](O)[C@H]3N)O[C@@H]2CO)[C@H](N)[C@@H](O)[C@@H]1O. The predicted molar refractivity (Wildman–Crippen MR) is 463 cm³/mol. The summed E-state index contributed by atoms with van der Waals surface area (Å²) in [5, 5.41) is 164. The molecule has 6 aliphatic heterocycles. The van der Waals surface area contributed by atoms with Crippen molar-refractivity contribution in [1.82, 2.24) is 21.3 Å². The standard InChI is InChI=1S/C57H72N4O21.C23H46N6O13.C9H10O2/c1-3-37-43(64)45(66)40(60-56(71)75-29-34-20-12-6-13-21-34)51(77-37)80-48-31(2)24-36(59-55(70)74-28-33-18-10-5-11-19-33)42(63)50(48)82-53-47(68)49(39(26-62)79-53)81-52-41(61-57(72)76-30-35-22-14-7-15-23-35)46(67)44(65)38(78-52)25-58-54(69)73-27-32-16-8-4-9-17-32;24-2-7-13(32)15(34)10(28)21(37-7)40-18-6(27)1-5(26)12(31)20(18)42-23-17(36)19(9(4-30)39-23)41-22-11(29)16(35)14(33)8(3-25)38-22;1-8(10)11-7-9-5-3-2-4-6-9/h4-23,31,36-53,62-68H,3,24-30H2,1-2H3,(H,58,69)(H,59,70)(H,60,71)(H,61,72);5-23,30-36H,1-4,24-29H2;2-6H,7H2,1H3/t31-,36+,37+,38-,39+,40+,41+,42-,43+,44+,45+,46+,47+,48+,49+,50+,51+,52+,53-;5-,6+,7-,8+,9-,10-,11-,12+,13-,14-,15-,16-,17-,18-,19-,20-,21-,22-,23+;/m01./s1. The molecular weight excluding hydrogens is 1790 g/mol. The Morgan fingerprint density at radius 3 is 1.06 bits per heavy atom. The Hall–Kier alpha value is -8.63. The molecule has 750 valence electrons. The molecule has 0 bridgehead atoms. The number of alkyl carbamates (subject to hydrolysis) is 4. The van der Waals surface area contributed by atoms with Crippen molar-refractivity contribution >= 4 is 30.3 Å². The van der Waals surface area contributed by atoms with Crippen LogP contribution in [0.25, 0.3) is 0 Å². The molecule has 2 aliphatic carbocycles. The third-order valence-corrected chi connectivity index (χ3v) is 24.2. The number of rotatable bonds is 32. The molecule has 13 rings (SSSR count). The first-order valence-electron chi connectivity index (χ1n) is 44.4. The molecule has 0 radical (unpaired) electrons. The number of carbonyl (C=O) groups excluding carboxylic acids is 5. The zero-order valence-corrected chi connectivity index (χ0v) is 74.3. The molecule has 46 nitrogen and oxygen atoms in total. The molecule has 135 heavy (non-hydrogen) atoms. The number of esters is 1. The van der Waals surface area contributed by atoms with Gasteiger partial charge in [0.15, 0.2) is 37.7 Å². The van der Waals surface area contributed by atoms with Crippen LogP contribution in [0.15, 0.2) is 152 Å². The quantitative estimate of drug-likeness (QED) is 0.0141. The lowest BCUT2D eigenvalue weighted by Gasteiger charge is -2.48. The van der Waals surface area contributed by atoms with Gasteiger partial charge in [-0.2, -0.15) is 0 Å². The van der Waals surface area contributed by atoms with E-state index in [1.807, 2.05) is 30.3 Å². The number of benzene rings is 5. The van der Waals surface area contributed by atoms with Crippen molar-refractivity contribution < 1.29 is 176 Å². The molecule has 30 N–H and O–H groups in total. The van der Waals surface area contributed by atoms with Crippen LogP contribution >= 0.6 is 0 Å². The van der Waals surface area contributed by atoms with Crippen LogP contribution < -0.4 is 55.7 Å². The van der Waals surface area contributed by atoms with Crippen molar-refractivity contribution in [3.8, 4) is 0 Å². The first-order valence-corrected chi connectivity index (χ1v) is 44.4. The Kier molecular flexibility index (Phi) is 40.6. The maximum absolute atomic E-state index is 13.3. The van der Waals surface area contributed by atoms with E-state index < -0.39 is 277 Å². The minimum Gasteiger partial charge on any atom is -0.461 e. The molecule has 0 aromatic heterocycles. The lowest BCUT2D eigenvalue weighted by Crippen LogP contribution is -2.68. The van der Waals surface area contributed by atoms with Gasteiger partial charge in [0.1, 0.15) is 173 Å². The number of hydrogen-bond acceptors (Lipinski definition) is 42. The van der Waals surface area contributed by atoms with Gasteiger partial charge in [0.05, 0.1) is 49.7 Å². The van der Waals surface area contributed by atoms with Crippen LogP contribution in [0.5, 0.6) is 0 Å². The van der Waals surface area contributed by atoms with Crippen LogP contribution in [0.2, 0.25) is 0 Å². The van der Waals surface area contributed by atoms with Gasteiger partial charge in [-0.3, -0.25) is 4.79 Å². The molecule has 0 unspecified atom stereocenters. The van der Waals surface area contributed by atoms with Crippen LogP contribution in [-0.4, -0.2) is 361 Å². The van der Waals surface area contributed by atoms with E-state index in [0.717, 1.165) is 5.56 Å². The highest BCUT2D eigenvalue weighted by Gasteiger charge is 2.59. The second-order valence-corrected chi connectivity index (χ2v) is 33.9. The molecule has 46 heteroatoms. The monoisotopic (exact) mass is 1910 g/mol. The highest BCUT2D eigenvalue weighted by atomic mass is 16.8. The Morgan fingerprint density at radius 1 is 0.341 bits per heavy atom. The van der Waals surface area contributed by atoms with E-state index in [4.69, 9.17) is 115 Å². The van der Waals surface area contributed by atoms with Gasteiger partial charge in [-0.15, -0.1) is 0 Å². The molecule has 0 spiro atoms. The Morgan fingerprint density at radius 2 is 0.667 bits per heavy atom. The average Bonchev–Trinajstić information content (AvgIpc) is 1.78. The van der Waals surface area contributed by atoms with E-state index >= 15 is 0 Å². The van der Waals surface area contributed by atoms with Crippen LogP contribution in [0, 0.1) is 5.92 Å². The van der Waals surface area contributed by atoms with Crippen molar-refractivity contribution in [3.05, 3.63) is 179 Å². The summed E-state index contributed by atoms with van der Waals surface area (Å²) >= 11 is 0. The summed E-state index contributed by atoms with van der Waals surface area (Å²) < 4.78 is 98.8. The third kappa shape index (κ3) is 28.4. The van der Waals surface area contributed by atoms with Gasteiger partial charge in [0, 0.05) is 38.6 Å². The van der Waals surface area contributed by atoms with E-state index in [2.05, 4.69) is 21.3 Å². The maximum atomic E-state index is 13.3. The van der Waals surface area contributed by atoms with Gasteiger partial charge < -0.3 is 208 Å². The molecule has 6 heterocycles. The number of nitrogens with one attached hydrogen (secondary N) is 4. The molecule has 8 fully saturated rings. The first kappa shape index (κ1) is 107. The fraction of sp³-hybridized carbons (Fsp3) is 0.607. The summed E-state index contributed by atoms with van der Waals surface area (Å²) in [6, 6.07) is 36.3. The molecule has 2 saturated carbocycles. The minimum absolute atomic E-state index is 0.00761. The maximum Gasteiger partial charge on any atom is 0.407 e. The second kappa shape index (κ2) is 51.3. The van der Waals surface area contributed by atoms with Gasteiger partial charge in [-0.25, -0.2) is 19.2 Å². The van der Waals surface area contributed by atoms with E-state index in [1.165, 1.54) is 6.92 Å². The van der Waals surface area contributed by atoms with Gasteiger partial charge in [-0.1, -0.05) is 166 Å². The number of amides is 4. The fourth-order valence-electron chi connectivity index (χ4n) is 16.6. The van der Waals surface area contributed by atoms with Crippen molar-refractivity contribution in [2.75, 3.05) is 32.8 Å². The molecule has 38 atom stereocenters. The van der Waals surface area contributed by atoms with E-state index in [0.29, 0.717) is 28.9 Å². The zero-order valence-electron chi connectivity index (χ0n) is 74.3. The van der Waals surface area contributed by atoms with Crippen molar-refractivity contribution in [2.24, 2.45) is 40.3 Å². The van der Waals surface area contributed by atoms with Gasteiger partial charge in [-0.05, 0) is 53.0 Å². The van der Waals surface area contributed by atoms with Gasteiger partial charge >= 0.3 is 30.3 Å². The van der Waals surface area contributed by atoms with Crippen molar-refractivity contribution in [1.29, 1.82) is 0 Å². The van der Waals surface area contributed by atoms with E-state index in [-0.39, 0.29) is 64.7 Å². The topological polar surface area (TPSA) is 730 Å². The summed E-state index contributed by atoms with van der Waals surface area (Å²) in [4.78, 5) is 63.2. The molecule has 6 saturated heterocycles. The number of aliphatic hydroxyl groups is 14. The van der Waals surface area contributed by atoms with Crippen molar-refractivity contribution in [2.45, 2.75) is 300 Å². The van der Waals surface area contributed by atoms with Crippen LogP contribution in [0.1, 0.15) is 67.9 Å². The third-order valence-electron chi connectivity index (χ3n) is 24.2. The van der Waals surface area contributed by atoms with Crippen LogP contribution in [0.3, 0.4) is 0 Å². The smallest absolute Gasteiger partial charge is 0.407 e. The normalized spacial score (nSPS) is 37.3. The summed E-state index contributed by atoms with van der Waals surface area (Å²) in [6.45, 7) is 2.34. The molecule has 8 aliphatic rings. The largest absolute Gasteiger partial charge is 0.461 e. The van der Waals surface area contributed by atoms with Gasteiger partial charge in [0.2, 0.25) is 0 Å². The van der Waals surface area contributed by atoms with E-state index in [1.54, 1.807) is 135 Å². The van der Waals surface area contributed by atoms with Crippen molar-refractivity contribution in [3.63, 3.8) is 0 Å². The highest BCUT2D eigenvalue weighted by Crippen LogP contribution is 2.40. The molecule has 4 amide bonds. The Bertz CT molecular complexity index is 4390. The molecule has 5 aromatic rings. The second-order valence-electron chi connectivity index (χ2n) is 33.9. The van der Waals surface area contributed by atoms with Crippen LogP contribution in [-0.2, 0) is 118 Å². The fourth-order valence-corrected chi connectivity index (χ4v) is 16.6.